The molecule has 0 radical (unpaired) electrons. The fraction of sp³-hybridized carbons (Fsp3) is 0.391. The molecule has 0 bridgehead atoms. The molecule has 1 amide bonds. The molecule has 33 heavy (non-hydrogen) atoms. The highest BCUT2D eigenvalue weighted by Gasteiger charge is 2.26. The molecule has 0 aromatic heterocycles. The van der Waals surface area contributed by atoms with Crippen LogP contribution in [0.4, 0.5) is 5.69 Å². The summed E-state index contributed by atoms with van der Waals surface area (Å²) in [6.07, 6.45) is 1.77. The van der Waals surface area contributed by atoms with Crippen molar-refractivity contribution in [1.82, 2.24) is 9.62 Å². The number of anilines is 1. The molecule has 1 fully saturated rings. The predicted octanol–water partition coefficient (Wildman–Crippen LogP) is 4.56. The number of amides is 1. The molecule has 2 aromatic carbocycles. The molecule has 0 aliphatic carbocycles. The SMILES string of the molecule is Cc1cc(OCC(=O)NC(=S)Nc2ccc(S(=O)(=O)N3CCCC3)cc2)c(C(C)C)cc1Br. The second-order valence-electron chi connectivity index (χ2n) is 8.22. The Morgan fingerprint density at radius 1 is 1.18 bits per heavy atom. The van der Waals surface area contributed by atoms with Crippen LogP contribution in [0.1, 0.15) is 43.7 Å². The summed E-state index contributed by atoms with van der Waals surface area (Å²) >= 11 is 8.74. The van der Waals surface area contributed by atoms with Crippen molar-refractivity contribution in [2.75, 3.05) is 25.0 Å². The lowest BCUT2D eigenvalue weighted by Gasteiger charge is -2.17. The van der Waals surface area contributed by atoms with Gasteiger partial charge in [-0.05, 0) is 85.4 Å². The topological polar surface area (TPSA) is 87.7 Å². The Kier molecular flexibility index (Phi) is 8.49. The quantitative estimate of drug-likeness (QED) is 0.489. The number of sulfonamides is 1. The van der Waals surface area contributed by atoms with Gasteiger partial charge in [-0.25, -0.2) is 8.42 Å². The molecule has 0 spiro atoms. The first-order valence-electron chi connectivity index (χ1n) is 10.7. The van der Waals surface area contributed by atoms with E-state index in [0.29, 0.717) is 24.5 Å². The fourth-order valence-corrected chi connectivity index (χ4v) is 5.61. The highest BCUT2D eigenvalue weighted by atomic mass is 79.9. The van der Waals surface area contributed by atoms with Gasteiger partial charge >= 0.3 is 0 Å². The van der Waals surface area contributed by atoms with Crippen LogP contribution in [0.25, 0.3) is 0 Å². The van der Waals surface area contributed by atoms with Crippen LogP contribution in [0.15, 0.2) is 45.8 Å². The Hall–Kier alpha value is -2.01. The number of benzene rings is 2. The lowest BCUT2D eigenvalue weighted by molar-refractivity contribution is -0.121. The lowest BCUT2D eigenvalue weighted by atomic mass is 10.0. The van der Waals surface area contributed by atoms with Gasteiger partial charge in [0.1, 0.15) is 5.75 Å². The van der Waals surface area contributed by atoms with E-state index in [2.05, 4.69) is 40.4 Å². The summed E-state index contributed by atoms with van der Waals surface area (Å²) in [6, 6.07) is 10.2. The number of carbonyl (C=O) groups is 1. The van der Waals surface area contributed by atoms with E-state index in [0.717, 1.165) is 28.4 Å². The maximum Gasteiger partial charge on any atom is 0.264 e. The number of nitrogens with one attached hydrogen (secondary N) is 2. The molecular formula is C23H28BrN3O4S2. The minimum Gasteiger partial charge on any atom is -0.483 e. The second-order valence-corrected chi connectivity index (χ2v) is 11.4. The zero-order chi connectivity index (χ0) is 24.2. The number of hydrogen-bond donors (Lipinski definition) is 2. The Labute approximate surface area is 209 Å². The first kappa shape index (κ1) is 25.6. The molecule has 7 nitrogen and oxygen atoms in total. The van der Waals surface area contributed by atoms with Gasteiger partial charge in [0.05, 0.1) is 4.90 Å². The summed E-state index contributed by atoms with van der Waals surface area (Å²) in [7, 11) is -3.47. The van der Waals surface area contributed by atoms with Gasteiger partial charge in [0.25, 0.3) is 5.91 Å². The van der Waals surface area contributed by atoms with Crippen LogP contribution in [0, 0.1) is 6.92 Å². The van der Waals surface area contributed by atoms with Crippen LogP contribution in [-0.4, -0.2) is 43.4 Å². The smallest absolute Gasteiger partial charge is 0.264 e. The van der Waals surface area contributed by atoms with E-state index in [9.17, 15) is 13.2 Å². The van der Waals surface area contributed by atoms with Crippen molar-refractivity contribution in [2.45, 2.75) is 44.4 Å². The number of ether oxygens (including phenoxy) is 1. The Morgan fingerprint density at radius 3 is 2.42 bits per heavy atom. The summed E-state index contributed by atoms with van der Waals surface area (Å²) in [5, 5.41) is 5.58. The van der Waals surface area contributed by atoms with Crippen LogP contribution in [0.5, 0.6) is 5.75 Å². The Bertz CT molecular complexity index is 1130. The molecule has 0 atom stereocenters. The molecule has 2 aromatic rings. The van der Waals surface area contributed by atoms with Gasteiger partial charge in [-0.1, -0.05) is 29.8 Å². The van der Waals surface area contributed by atoms with Gasteiger partial charge in [-0.3, -0.25) is 10.1 Å². The fourth-order valence-electron chi connectivity index (χ4n) is 3.50. The summed E-state index contributed by atoms with van der Waals surface area (Å²) in [5.41, 5.74) is 2.60. The average molecular weight is 555 g/mol. The number of rotatable bonds is 7. The van der Waals surface area contributed by atoms with E-state index in [1.807, 2.05) is 19.1 Å². The molecule has 1 aliphatic rings. The van der Waals surface area contributed by atoms with Crippen LogP contribution >= 0.6 is 28.1 Å². The third-order valence-electron chi connectivity index (χ3n) is 5.34. The molecule has 1 heterocycles. The first-order chi connectivity index (χ1) is 15.6. The molecule has 0 saturated carbocycles. The molecular weight excluding hydrogens is 526 g/mol. The van der Waals surface area contributed by atoms with Gasteiger partial charge in [-0.2, -0.15) is 4.31 Å². The third-order valence-corrected chi connectivity index (χ3v) is 8.31. The van der Waals surface area contributed by atoms with Crippen molar-refractivity contribution in [1.29, 1.82) is 0 Å². The van der Waals surface area contributed by atoms with E-state index in [-0.39, 0.29) is 22.5 Å². The monoisotopic (exact) mass is 553 g/mol. The molecule has 0 unspecified atom stereocenters. The van der Waals surface area contributed by atoms with Crippen molar-refractivity contribution in [3.63, 3.8) is 0 Å². The van der Waals surface area contributed by atoms with Crippen LogP contribution in [0.3, 0.4) is 0 Å². The lowest BCUT2D eigenvalue weighted by Crippen LogP contribution is -2.37. The number of nitrogens with zero attached hydrogens (tertiary/aromatic N) is 1. The van der Waals surface area contributed by atoms with Gasteiger partial charge in [0, 0.05) is 23.2 Å². The third kappa shape index (κ3) is 6.53. The molecule has 1 aliphatic heterocycles. The van der Waals surface area contributed by atoms with E-state index < -0.39 is 15.9 Å². The van der Waals surface area contributed by atoms with Gasteiger partial charge < -0.3 is 10.1 Å². The van der Waals surface area contributed by atoms with Crippen molar-refractivity contribution in [3.8, 4) is 5.75 Å². The number of carbonyl (C=O) groups excluding carboxylic acids is 1. The number of thiocarbonyl (C=S) groups is 1. The minimum atomic E-state index is -3.47. The predicted molar refractivity (Wildman–Crippen MR) is 137 cm³/mol. The normalized spacial score (nSPS) is 14.3. The van der Waals surface area contributed by atoms with E-state index in [1.54, 1.807) is 12.1 Å². The maximum atomic E-state index is 12.6. The van der Waals surface area contributed by atoms with E-state index >= 15 is 0 Å². The maximum absolute atomic E-state index is 12.6. The highest BCUT2D eigenvalue weighted by molar-refractivity contribution is 9.10. The van der Waals surface area contributed by atoms with Gasteiger partial charge in [0.15, 0.2) is 11.7 Å². The van der Waals surface area contributed by atoms with Gasteiger partial charge in [0.2, 0.25) is 10.0 Å². The average Bonchev–Trinajstić information content (AvgIpc) is 3.30. The number of hydrogen-bond acceptors (Lipinski definition) is 5. The van der Waals surface area contributed by atoms with Crippen LogP contribution in [-0.2, 0) is 14.8 Å². The summed E-state index contributed by atoms with van der Waals surface area (Å²) in [4.78, 5) is 12.6. The molecule has 3 rings (SSSR count). The van der Waals surface area contributed by atoms with Gasteiger partial charge in [-0.15, -0.1) is 0 Å². The molecule has 1 saturated heterocycles. The Balaban J connectivity index is 1.55. The number of aryl methyl sites for hydroxylation is 1. The Morgan fingerprint density at radius 2 is 1.82 bits per heavy atom. The summed E-state index contributed by atoms with van der Waals surface area (Å²) in [5.74, 6) is 0.505. The standard InChI is InChI=1S/C23H28BrN3O4S2/c1-15(2)19-13-20(24)16(3)12-21(19)31-14-22(28)26-23(32)25-17-6-8-18(9-7-17)33(29,30)27-10-4-5-11-27/h6-9,12-13,15H,4-5,10-11,14H2,1-3H3,(H2,25,26,28,32). The van der Waals surface area contributed by atoms with Crippen LogP contribution in [0.2, 0.25) is 0 Å². The minimum absolute atomic E-state index is 0.106. The highest BCUT2D eigenvalue weighted by Crippen LogP contribution is 2.32. The summed E-state index contributed by atoms with van der Waals surface area (Å²) < 4.78 is 33.5. The van der Waals surface area contributed by atoms with E-state index in [1.165, 1.54) is 16.4 Å². The molecule has 178 valence electrons. The largest absolute Gasteiger partial charge is 0.483 e. The molecule has 10 heteroatoms. The first-order valence-corrected chi connectivity index (χ1v) is 13.4. The zero-order valence-corrected chi connectivity index (χ0v) is 22.1. The van der Waals surface area contributed by atoms with Crippen molar-refractivity contribution < 1.29 is 17.9 Å². The van der Waals surface area contributed by atoms with Crippen molar-refractivity contribution >= 4 is 54.9 Å². The van der Waals surface area contributed by atoms with Crippen molar-refractivity contribution in [2.24, 2.45) is 0 Å². The zero-order valence-electron chi connectivity index (χ0n) is 18.9. The summed E-state index contributed by atoms with van der Waals surface area (Å²) in [6.45, 7) is 7.00. The second kappa shape index (κ2) is 10.9. The number of halogens is 1. The van der Waals surface area contributed by atoms with Crippen molar-refractivity contribution in [3.05, 3.63) is 52.0 Å². The molecule has 2 N–H and O–H groups in total. The van der Waals surface area contributed by atoms with E-state index in [4.69, 9.17) is 17.0 Å². The van der Waals surface area contributed by atoms with Crippen LogP contribution < -0.4 is 15.4 Å².